The van der Waals surface area contributed by atoms with Crippen molar-refractivity contribution in [3.05, 3.63) is 56.4 Å². The van der Waals surface area contributed by atoms with Gasteiger partial charge in [0.1, 0.15) is 5.82 Å². The van der Waals surface area contributed by atoms with Crippen LogP contribution in [-0.4, -0.2) is 31.1 Å². The second-order valence-electron chi connectivity index (χ2n) is 4.84. The summed E-state index contributed by atoms with van der Waals surface area (Å²) in [6.45, 7) is 3.77. The Kier molecular flexibility index (Phi) is 8.32. The van der Waals surface area contributed by atoms with Crippen molar-refractivity contribution in [3.63, 3.8) is 0 Å². The van der Waals surface area contributed by atoms with E-state index in [0.717, 1.165) is 36.2 Å². The maximum absolute atomic E-state index is 14.4. The van der Waals surface area contributed by atoms with Crippen LogP contribution in [0.25, 0.3) is 0 Å². The predicted octanol–water partition coefficient (Wildman–Crippen LogP) is 4.49. The van der Waals surface area contributed by atoms with Gasteiger partial charge in [0, 0.05) is 41.1 Å². The van der Waals surface area contributed by atoms with E-state index in [1.165, 1.54) is 4.88 Å². The minimum Gasteiger partial charge on any atom is -0.314 e. The van der Waals surface area contributed by atoms with Gasteiger partial charge in [-0.25, -0.2) is 4.39 Å². The molecule has 1 saturated heterocycles. The lowest BCUT2D eigenvalue weighted by atomic mass is 10.0. The molecule has 2 heterocycles. The normalized spacial score (nSPS) is 16.5. The predicted molar refractivity (Wildman–Crippen MR) is 99.2 cm³/mol. The van der Waals surface area contributed by atoms with Crippen LogP contribution in [0.3, 0.4) is 0 Å². The minimum absolute atomic E-state index is 0. The Hall–Kier alpha value is -0.170. The molecule has 22 heavy (non-hydrogen) atoms. The van der Waals surface area contributed by atoms with Crippen LogP contribution in [0.2, 0.25) is 0 Å². The zero-order valence-corrected chi connectivity index (χ0v) is 15.8. The Morgan fingerprint density at radius 2 is 1.86 bits per heavy atom. The number of nitrogens with one attached hydrogen (secondary N) is 1. The zero-order valence-electron chi connectivity index (χ0n) is 11.8. The summed E-state index contributed by atoms with van der Waals surface area (Å²) in [5.41, 5.74) is 0.747. The molecular weight excluding hydrogens is 410 g/mol. The quantitative estimate of drug-likeness (QED) is 0.776. The summed E-state index contributed by atoms with van der Waals surface area (Å²) in [6, 6.07) is 9.32. The molecule has 0 radical (unpaired) electrons. The number of benzene rings is 1. The van der Waals surface area contributed by atoms with Crippen molar-refractivity contribution >= 4 is 52.1 Å². The van der Waals surface area contributed by atoms with Gasteiger partial charge in [0.25, 0.3) is 0 Å². The van der Waals surface area contributed by atoms with Crippen molar-refractivity contribution < 1.29 is 4.39 Å². The fourth-order valence-electron chi connectivity index (χ4n) is 2.66. The topological polar surface area (TPSA) is 15.3 Å². The average Bonchev–Trinajstić information content (AvgIpc) is 2.98. The molecule has 2 aromatic rings. The fourth-order valence-corrected chi connectivity index (χ4v) is 4.09. The number of halogens is 4. The van der Waals surface area contributed by atoms with Gasteiger partial charge in [-0.1, -0.05) is 28.1 Å². The molecule has 2 nitrogen and oxygen atoms in total. The summed E-state index contributed by atoms with van der Waals surface area (Å²) in [4.78, 5) is 3.54. The Balaban J connectivity index is 0.00000121. The van der Waals surface area contributed by atoms with E-state index >= 15 is 0 Å². The van der Waals surface area contributed by atoms with Crippen LogP contribution in [0, 0.1) is 5.82 Å². The Bertz CT molecular complexity index is 557. The molecule has 1 aromatic heterocycles. The number of piperazine rings is 1. The monoisotopic (exact) mass is 426 g/mol. The van der Waals surface area contributed by atoms with Crippen LogP contribution in [0.5, 0.6) is 0 Å². The Labute approximate surface area is 155 Å². The third-order valence-electron chi connectivity index (χ3n) is 3.60. The number of rotatable bonds is 3. The molecule has 1 fully saturated rings. The number of nitrogens with zero attached hydrogens (tertiary/aromatic N) is 1. The number of hydrogen-bond acceptors (Lipinski definition) is 3. The van der Waals surface area contributed by atoms with Crippen molar-refractivity contribution in [2.45, 2.75) is 6.04 Å². The summed E-state index contributed by atoms with van der Waals surface area (Å²) in [7, 11) is 0. The first-order chi connectivity index (χ1) is 9.77. The molecule has 1 atom stereocenters. The molecule has 7 heteroatoms. The lowest BCUT2D eigenvalue weighted by Crippen LogP contribution is -2.45. The van der Waals surface area contributed by atoms with Crippen molar-refractivity contribution in [1.29, 1.82) is 0 Å². The van der Waals surface area contributed by atoms with Gasteiger partial charge in [-0.3, -0.25) is 4.90 Å². The van der Waals surface area contributed by atoms with Gasteiger partial charge in [0.15, 0.2) is 0 Å². The van der Waals surface area contributed by atoms with Gasteiger partial charge in [0.05, 0.1) is 6.04 Å². The molecule has 0 amide bonds. The van der Waals surface area contributed by atoms with Crippen LogP contribution >= 0.6 is 52.1 Å². The average molecular weight is 428 g/mol. The molecule has 122 valence electrons. The highest BCUT2D eigenvalue weighted by Crippen LogP contribution is 2.37. The molecule has 1 N–H and O–H groups in total. The third-order valence-corrected chi connectivity index (χ3v) is 5.22. The van der Waals surface area contributed by atoms with Gasteiger partial charge in [-0.15, -0.1) is 36.2 Å². The van der Waals surface area contributed by atoms with E-state index in [4.69, 9.17) is 0 Å². The molecule has 1 aliphatic heterocycles. The molecule has 1 aromatic carbocycles. The molecule has 0 bridgehead atoms. The highest BCUT2D eigenvalue weighted by Gasteiger charge is 2.28. The minimum atomic E-state index is -0.142. The van der Waals surface area contributed by atoms with Gasteiger partial charge < -0.3 is 5.32 Å². The van der Waals surface area contributed by atoms with Crippen LogP contribution in [0.1, 0.15) is 16.5 Å². The second-order valence-corrected chi connectivity index (χ2v) is 6.67. The first kappa shape index (κ1) is 19.9. The smallest absolute Gasteiger partial charge is 0.129 e. The van der Waals surface area contributed by atoms with Gasteiger partial charge in [-0.05, 0) is 23.6 Å². The van der Waals surface area contributed by atoms with E-state index in [0.29, 0.717) is 0 Å². The third kappa shape index (κ3) is 4.22. The zero-order chi connectivity index (χ0) is 13.9. The molecule has 0 unspecified atom stereocenters. The first-order valence-electron chi connectivity index (χ1n) is 6.69. The SMILES string of the molecule is Cl.Cl.Fc1cccc(Br)c1[C@@H](c1cccs1)N1CCNCC1. The lowest BCUT2D eigenvalue weighted by Gasteiger charge is -2.35. The lowest BCUT2D eigenvalue weighted by molar-refractivity contribution is 0.197. The van der Waals surface area contributed by atoms with Crippen LogP contribution in [0.4, 0.5) is 4.39 Å². The summed E-state index contributed by atoms with van der Waals surface area (Å²) in [5.74, 6) is -0.142. The maximum Gasteiger partial charge on any atom is 0.129 e. The molecule has 1 aliphatic rings. The van der Waals surface area contributed by atoms with Crippen molar-refractivity contribution in [3.8, 4) is 0 Å². The van der Waals surface area contributed by atoms with Crippen molar-refractivity contribution in [1.82, 2.24) is 10.2 Å². The number of hydrogen-bond donors (Lipinski definition) is 1. The molecule has 0 saturated carbocycles. The molecular formula is C15H18BrCl2FN2S. The second kappa shape index (κ2) is 9.21. The Morgan fingerprint density at radius 1 is 1.14 bits per heavy atom. The van der Waals surface area contributed by atoms with Crippen molar-refractivity contribution in [2.75, 3.05) is 26.2 Å². The summed E-state index contributed by atoms with van der Waals surface area (Å²) < 4.78 is 15.2. The van der Waals surface area contributed by atoms with E-state index < -0.39 is 0 Å². The highest BCUT2D eigenvalue weighted by molar-refractivity contribution is 9.10. The summed E-state index contributed by atoms with van der Waals surface area (Å²) >= 11 is 5.21. The fraction of sp³-hybridized carbons (Fsp3) is 0.333. The van der Waals surface area contributed by atoms with E-state index in [9.17, 15) is 4.39 Å². The summed E-state index contributed by atoms with van der Waals surface area (Å²) in [6.07, 6.45) is 0. The molecule has 0 aliphatic carbocycles. The number of thiophene rings is 1. The van der Waals surface area contributed by atoms with E-state index in [1.807, 2.05) is 12.1 Å². The largest absolute Gasteiger partial charge is 0.314 e. The van der Waals surface area contributed by atoms with Gasteiger partial charge in [0.2, 0.25) is 0 Å². The van der Waals surface area contributed by atoms with E-state index in [1.54, 1.807) is 23.5 Å². The standard InChI is InChI=1S/C15H16BrFN2S.2ClH/c16-11-3-1-4-12(17)14(11)15(13-5-2-10-20-13)19-8-6-18-7-9-19;;/h1-5,10,15,18H,6-9H2;2*1H/t15-;;/m1../s1. The van der Waals surface area contributed by atoms with Crippen molar-refractivity contribution in [2.24, 2.45) is 0 Å². The highest BCUT2D eigenvalue weighted by atomic mass is 79.9. The Morgan fingerprint density at radius 3 is 2.45 bits per heavy atom. The van der Waals surface area contributed by atoms with Crippen LogP contribution in [-0.2, 0) is 0 Å². The van der Waals surface area contributed by atoms with E-state index in [-0.39, 0.29) is 36.7 Å². The van der Waals surface area contributed by atoms with E-state index in [2.05, 4.69) is 37.6 Å². The van der Waals surface area contributed by atoms with Crippen LogP contribution < -0.4 is 5.32 Å². The van der Waals surface area contributed by atoms with Gasteiger partial charge >= 0.3 is 0 Å². The summed E-state index contributed by atoms with van der Waals surface area (Å²) in [5, 5.41) is 5.41. The van der Waals surface area contributed by atoms with Gasteiger partial charge in [-0.2, -0.15) is 0 Å². The molecule has 3 rings (SSSR count). The molecule has 0 spiro atoms. The van der Waals surface area contributed by atoms with Crippen LogP contribution in [0.15, 0.2) is 40.2 Å². The first-order valence-corrected chi connectivity index (χ1v) is 8.36. The maximum atomic E-state index is 14.4.